The SMILES string of the molecule is CCCC(CCC)C(=O)C1=Cc2ccc(C(=O)Nc3ccc4c(c3)CNCC4)cc2N=C(N)C1. The topological polar surface area (TPSA) is 96.6 Å². The number of amidine groups is 1. The Balaban J connectivity index is 1.56. The van der Waals surface area contributed by atoms with Crippen LogP contribution in [-0.4, -0.2) is 24.1 Å². The first-order valence-corrected chi connectivity index (χ1v) is 12.3. The summed E-state index contributed by atoms with van der Waals surface area (Å²) in [6, 6.07) is 11.4. The van der Waals surface area contributed by atoms with Crippen LogP contribution in [0.1, 0.15) is 73.0 Å². The number of nitrogens with zero attached hydrogens (tertiary/aromatic N) is 1. The normalized spacial score (nSPS) is 15.0. The van der Waals surface area contributed by atoms with Crippen LogP contribution in [0.5, 0.6) is 0 Å². The predicted molar refractivity (Wildman–Crippen MR) is 138 cm³/mol. The lowest BCUT2D eigenvalue weighted by molar-refractivity contribution is -0.119. The highest BCUT2D eigenvalue weighted by Crippen LogP contribution is 2.30. The van der Waals surface area contributed by atoms with E-state index in [-0.39, 0.29) is 17.6 Å². The predicted octanol–water partition coefficient (Wildman–Crippen LogP) is 5.15. The second kappa shape index (κ2) is 10.8. The number of nitrogens with two attached hydrogens (primary N) is 1. The lowest BCUT2D eigenvalue weighted by Gasteiger charge is -2.18. The highest BCUT2D eigenvalue weighted by atomic mass is 16.1. The number of benzene rings is 2. The van der Waals surface area contributed by atoms with E-state index >= 15 is 0 Å². The Labute approximate surface area is 201 Å². The molecule has 178 valence electrons. The number of hydrogen-bond donors (Lipinski definition) is 3. The fourth-order valence-electron chi connectivity index (χ4n) is 4.82. The van der Waals surface area contributed by atoms with Gasteiger partial charge in [0, 0.05) is 41.3 Å². The number of ketones is 1. The second-order valence-electron chi connectivity index (χ2n) is 9.23. The first-order valence-electron chi connectivity index (χ1n) is 12.3. The van der Waals surface area contributed by atoms with Crippen molar-refractivity contribution >= 4 is 35.0 Å². The third-order valence-electron chi connectivity index (χ3n) is 6.57. The minimum absolute atomic E-state index is 0.0208. The molecule has 2 aromatic carbocycles. The van der Waals surface area contributed by atoms with Crippen LogP contribution in [0.4, 0.5) is 11.4 Å². The molecule has 0 atom stereocenters. The Morgan fingerprint density at radius 1 is 1.09 bits per heavy atom. The number of carbonyl (C=O) groups excluding carboxylic acids is 2. The molecule has 0 saturated heterocycles. The molecule has 6 nitrogen and oxygen atoms in total. The molecule has 0 fully saturated rings. The van der Waals surface area contributed by atoms with Gasteiger partial charge >= 0.3 is 0 Å². The van der Waals surface area contributed by atoms with Crippen LogP contribution in [0.15, 0.2) is 47.0 Å². The van der Waals surface area contributed by atoms with Gasteiger partial charge in [-0.15, -0.1) is 0 Å². The molecule has 34 heavy (non-hydrogen) atoms. The standard InChI is InChI=1S/C28H34N4O2/c1-3-5-19(6-4-2)27(33)22-13-20-7-8-21(15-25(20)32-26(29)16-22)28(34)31-24-10-9-18-11-12-30-17-23(18)14-24/h7-10,13-15,19,30H,3-6,11-12,16-17H2,1-2H3,(H2,29,32)(H,31,34). The smallest absolute Gasteiger partial charge is 0.255 e. The highest BCUT2D eigenvalue weighted by Gasteiger charge is 2.23. The summed E-state index contributed by atoms with van der Waals surface area (Å²) < 4.78 is 0. The van der Waals surface area contributed by atoms with Gasteiger partial charge < -0.3 is 16.4 Å². The molecule has 6 heteroatoms. The molecule has 2 heterocycles. The Morgan fingerprint density at radius 3 is 2.65 bits per heavy atom. The van der Waals surface area contributed by atoms with E-state index < -0.39 is 0 Å². The molecule has 4 N–H and O–H groups in total. The number of amides is 1. The zero-order valence-corrected chi connectivity index (χ0v) is 20.1. The van der Waals surface area contributed by atoms with Crippen molar-refractivity contribution in [3.8, 4) is 0 Å². The summed E-state index contributed by atoms with van der Waals surface area (Å²) in [5, 5.41) is 6.36. The van der Waals surface area contributed by atoms with Crippen molar-refractivity contribution in [3.63, 3.8) is 0 Å². The monoisotopic (exact) mass is 458 g/mol. The molecule has 0 spiro atoms. The fourth-order valence-corrected chi connectivity index (χ4v) is 4.82. The number of hydrogen-bond acceptors (Lipinski definition) is 5. The van der Waals surface area contributed by atoms with Crippen LogP contribution in [-0.2, 0) is 17.8 Å². The van der Waals surface area contributed by atoms with Crippen molar-refractivity contribution in [2.24, 2.45) is 16.6 Å². The van der Waals surface area contributed by atoms with Gasteiger partial charge in [0.25, 0.3) is 5.91 Å². The van der Waals surface area contributed by atoms with Crippen LogP contribution in [0, 0.1) is 5.92 Å². The van der Waals surface area contributed by atoms with Crippen molar-refractivity contribution < 1.29 is 9.59 Å². The van der Waals surface area contributed by atoms with E-state index in [0.717, 1.165) is 56.4 Å². The Kier molecular flexibility index (Phi) is 7.58. The Hall–Kier alpha value is -3.25. The molecular weight excluding hydrogens is 424 g/mol. The number of fused-ring (bicyclic) bond motifs is 2. The van der Waals surface area contributed by atoms with Crippen LogP contribution in [0.25, 0.3) is 6.08 Å². The summed E-state index contributed by atoms with van der Waals surface area (Å²) in [4.78, 5) is 30.7. The lowest BCUT2D eigenvalue weighted by Crippen LogP contribution is -2.23. The molecule has 0 saturated carbocycles. The van der Waals surface area contributed by atoms with E-state index in [1.54, 1.807) is 12.1 Å². The van der Waals surface area contributed by atoms with Crippen molar-refractivity contribution in [2.75, 3.05) is 11.9 Å². The summed E-state index contributed by atoms with van der Waals surface area (Å²) in [6.45, 7) is 6.01. The molecule has 4 rings (SSSR count). The molecule has 0 aliphatic carbocycles. The van der Waals surface area contributed by atoms with Crippen LogP contribution in [0.3, 0.4) is 0 Å². The van der Waals surface area contributed by atoms with Gasteiger partial charge in [-0.2, -0.15) is 0 Å². The van der Waals surface area contributed by atoms with E-state index in [1.165, 1.54) is 11.1 Å². The molecule has 2 aliphatic rings. The quantitative estimate of drug-likeness (QED) is 0.510. The summed E-state index contributed by atoms with van der Waals surface area (Å²) in [6.07, 6.45) is 6.95. The molecule has 1 amide bonds. The maximum Gasteiger partial charge on any atom is 0.255 e. The van der Waals surface area contributed by atoms with E-state index in [9.17, 15) is 9.59 Å². The zero-order valence-electron chi connectivity index (χ0n) is 20.1. The average Bonchev–Trinajstić information content (AvgIpc) is 3.00. The van der Waals surface area contributed by atoms with Crippen LogP contribution in [0.2, 0.25) is 0 Å². The molecule has 2 aromatic rings. The largest absolute Gasteiger partial charge is 0.387 e. The number of Topliss-reactive ketones (excluding diaryl/α,β-unsaturated/α-hetero) is 1. The summed E-state index contributed by atoms with van der Waals surface area (Å²) in [7, 11) is 0. The first-order chi connectivity index (χ1) is 16.5. The highest BCUT2D eigenvalue weighted by molar-refractivity contribution is 6.09. The van der Waals surface area contributed by atoms with Gasteiger partial charge in [-0.05, 0) is 67.3 Å². The van der Waals surface area contributed by atoms with E-state index in [4.69, 9.17) is 5.73 Å². The minimum Gasteiger partial charge on any atom is -0.387 e. The van der Waals surface area contributed by atoms with Crippen LogP contribution < -0.4 is 16.4 Å². The van der Waals surface area contributed by atoms with Gasteiger partial charge in [-0.1, -0.05) is 38.8 Å². The molecule has 2 aliphatic heterocycles. The first kappa shape index (κ1) is 23.9. The van der Waals surface area contributed by atoms with Crippen molar-refractivity contribution in [1.29, 1.82) is 0 Å². The Bertz CT molecular complexity index is 1140. The second-order valence-corrected chi connectivity index (χ2v) is 9.23. The maximum absolute atomic E-state index is 13.2. The summed E-state index contributed by atoms with van der Waals surface area (Å²) in [5.74, 6) is 0.381. The molecule has 0 aromatic heterocycles. The van der Waals surface area contributed by atoms with E-state index in [2.05, 4.69) is 35.5 Å². The molecule has 0 radical (unpaired) electrons. The van der Waals surface area contributed by atoms with Crippen LogP contribution >= 0.6 is 0 Å². The molecule has 0 bridgehead atoms. The van der Waals surface area contributed by atoms with Crippen molar-refractivity contribution in [1.82, 2.24) is 5.32 Å². The number of carbonyl (C=O) groups is 2. The van der Waals surface area contributed by atoms with Gasteiger partial charge in [0.1, 0.15) is 5.84 Å². The minimum atomic E-state index is -0.198. The van der Waals surface area contributed by atoms with Gasteiger partial charge in [0.2, 0.25) is 0 Å². The van der Waals surface area contributed by atoms with Gasteiger partial charge in [0.05, 0.1) is 5.69 Å². The van der Waals surface area contributed by atoms with E-state index in [1.807, 2.05) is 24.3 Å². The van der Waals surface area contributed by atoms with Gasteiger partial charge in [-0.25, -0.2) is 4.99 Å². The third-order valence-corrected chi connectivity index (χ3v) is 6.57. The fraction of sp³-hybridized carbons (Fsp3) is 0.393. The maximum atomic E-state index is 13.2. The third kappa shape index (κ3) is 5.45. The van der Waals surface area contributed by atoms with E-state index in [0.29, 0.717) is 29.1 Å². The average molecular weight is 459 g/mol. The summed E-state index contributed by atoms with van der Waals surface area (Å²) >= 11 is 0. The van der Waals surface area contributed by atoms with Crippen molar-refractivity contribution in [3.05, 3.63) is 64.2 Å². The van der Waals surface area contributed by atoms with Crippen molar-refractivity contribution in [2.45, 2.75) is 58.9 Å². The van der Waals surface area contributed by atoms with Gasteiger partial charge in [-0.3, -0.25) is 9.59 Å². The Morgan fingerprint density at radius 2 is 1.88 bits per heavy atom. The number of nitrogens with one attached hydrogen (secondary N) is 2. The molecular formula is C28H34N4O2. The summed E-state index contributed by atoms with van der Waals surface area (Å²) in [5.41, 5.74) is 12.1. The van der Waals surface area contributed by atoms with Gasteiger partial charge in [0.15, 0.2) is 5.78 Å². The molecule has 0 unspecified atom stereocenters. The number of aliphatic imine (C=N–C) groups is 1. The zero-order chi connectivity index (χ0) is 24.1. The number of anilines is 1. The lowest BCUT2D eigenvalue weighted by atomic mass is 9.87. The number of rotatable bonds is 8.